The summed E-state index contributed by atoms with van der Waals surface area (Å²) >= 11 is 0. The standard InChI is InChI=1S/C39H34N6O3/c1-2-26-11-6-8-17-32(26)42-39-44-34(43-38(40)45-39)24-47-37(46)35-30-15-7-9-18-33(30)41-36-27(12-10-16-31(35)36)23-25-19-21-29(22-20-25)48-28-13-4-3-5-14-28/h3-9,11,13-15,17-23H,2,10,12,16,24H2,1H3,(H3,40,42,43,44,45)/b27-23-. The van der Waals surface area contributed by atoms with Gasteiger partial charge in [0.05, 0.1) is 16.8 Å². The van der Waals surface area contributed by atoms with Crippen molar-refractivity contribution in [1.29, 1.82) is 0 Å². The number of pyridine rings is 1. The molecule has 0 saturated carbocycles. The van der Waals surface area contributed by atoms with Gasteiger partial charge in [0.1, 0.15) is 11.5 Å². The molecule has 0 amide bonds. The fourth-order valence-electron chi connectivity index (χ4n) is 6.00. The van der Waals surface area contributed by atoms with E-state index in [1.54, 1.807) is 0 Å². The van der Waals surface area contributed by atoms with Crippen LogP contribution in [0.5, 0.6) is 11.5 Å². The number of esters is 1. The number of hydrogen-bond donors (Lipinski definition) is 2. The third-order valence-corrected chi connectivity index (χ3v) is 8.25. The predicted molar refractivity (Wildman–Crippen MR) is 188 cm³/mol. The van der Waals surface area contributed by atoms with Gasteiger partial charge >= 0.3 is 5.97 Å². The Morgan fingerprint density at radius 1 is 0.833 bits per heavy atom. The molecule has 7 rings (SSSR count). The number of carbonyl (C=O) groups is 1. The quantitative estimate of drug-likeness (QED) is 0.151. The first-order valence-corrected chi connectivity index (χ1v) is 16.0. The van der Waals surface area contributed by atoms with Crippen molar-refractivity contribution in [2.24, 2.45) is 0 Å². The topological polar surface area (TPSA) is 125 Å². The Hall–Kier alpha value is -6.09. The van der Waals surface area contributed by atoms with Crippen LogP contribution < -0.4 is 15.8 Å². The van der Waals surface area contributed by atoms with E-state index in [9.17, 15) is 4.79 Å². The number of allylic oxidation sites excluding steroid dienone is 1. The van der Waals surface area contributed by atoms with Crippen LogP contribution in [-0.2, 0) is 24.2 Å². The number of nitrogens with two attached hydrogens (primary N) is 1. The van der Waals surface area contributed by atoms with Gasteiger partial charge in [-0.25, -0.2) is 9.78 Å². The number of fused-ring (bicyclic) bond motifs is 2. The van der Waals surface area contributed by atoms with Gasteiger partial charge in [0.2, 0.25) is 11.9 Å². The highest BCUT2D eigenvalue weighted by Gasteiger charge is 2.26. The Morgan fingerprint density at radius 2 is 1.58 bits per heavy atom. The number of carbonyl (C=O) groups excluding carboxylic acids is 1. The van der Waals surface area contributed by atoms with Gasteiger partial charge in [0, 0.05) is 11.1 Å². The third-order valence-electron chi connectivity index (χ3n) is 8.25. The van der Waals surface area contributed by atoms with E-state index in [-0.39, 0.29) is 24.3 Å². The van der Waals surface area contributed by atoms with Gasteiger partial charge in [-0.05, 0) is 90.4 Å². The molecule has 1 aliphatic rings. The number of para-hydroxylation sites is 3. The van der Waals surface area contributed by atoms with Crippen LogP contribution in [0.25, 0.3) is 22.6 Å². The summed E-state index contributed by atoms with van der Waals surface area (Å²) in [6, 6.07) is 33.2. The number of nitrogens with zero attached hydrogens (tertiary/aromatic N) is 4. The molecule has 0 fully saturated rings. The second-order valence-corrected chi connectivity index (χ2v) is 11.5. The lowest BCUT2D eigenvalue weighted by Crippen LogP contribution is -2.16. The molecule has 9 nitrogen and oxygen atoms in total. The van der Waals surface area contributed by atoms with Crippen molar-refractivity contribution in [1.82, 2.24) is 19.9 Å². The smallest absolute Gasteiger partial charge is 0.339 e. The number of rotatable bonds is 9. The largest absolute Gasteiger partial charge is 0.457 e. The van der Waals surface area contributed by atoms with E-state index in [4.69, 9.17) is 20.2 Å². The van der Waals surface area contributed by atoms with Crippen LogP contribution in [0.4, 0.5) is 17.6 Å². The molecular weight excluding hydrogens is 600 g/mol. The zero-order valence-electron chi connectivity index (χ0n) is 26.5. The maximum absolute atomic E-state index is 13.9. The number of anilines is 3. The first-order valence-electron chi connectivity index (χ1n) is 16.0. The predicted octanol–water partition coefficient (Wildman–Crippen LogP) is 8.33. The molecule has 0 atom stereocenters. The van der Waals surface area contributed by atoms with Crippen molar-refractivity contribution < 1.29 is 14.3 Å². The normalized spacial score (nSPS) is 13.2. The van der Waals surface area contributed by atoms with Crippen LogP contribution in [0.3, 0.4) is 0 Å². The second-order valence-electron chi connectivity index (χ2n) is 11.5. The molecule has 3 N–H and O–H groups in total. The number of ether oxygens (including phenoxy) is 2. The zero-order valence-corrected chi connectivity index (χ0v) is 26.5. The molecule has 0 saturated heterocycles. The summed E-state index contributed by atoms with van der Waals surface area (Å²) < 4.78 is 11.8. The van der Waals surface area contributed by atoms with Crippen LogP contribution in [0.15, 0.2) is 103 Å². The fraction of sp³-hybridized carbons (Fsp3) is 0.154. The molecule has 48 heavy (non-hydrogen) atoms. The number of nitrogen functional groups attached to an aromatic ring is 1. The Morgan fingerprint density at radius 3 is 2.42 bits per heavy atom. The van der Waals surface area contributed by atoms with Crippen molar-refractivity contribution >= 4 is 46.1 Å². The van der Waals surface area contributed by atoms with Crippen LogP contribution in [0.2, 0.25) is 0 Å². The number of nitrogens with one attached hydrogen (secondary N) is 1. The summed E-state index contributed by atoms with van der Waals surface area (Å²) in [4.78, 5) is 31.9. The molecular formula is C39H34N6O3. The van der Waals surface area contributed by atoms with Crippen LogP contribution in [0.1, 0.15) is 58.3 Å². The van der Waals surface area contributed by atoms with Gasteiger partial charge < -0.3 is 20.5 Å². The Kier molecular flexibility index (Phi) is 8.74. The van der Waals surface area contributed by atoms with E-state index in [1.165, 1.54) is 0 Å². The monoisotopic (exact) mass is 634 g/mol. The molecule has 0 bridgehead atoms. The lowest BCUT2D eigenvalue weighted by molar-refractivity contribution is 0.0463. The molecule has 0 spiro atoms. The fourth-order valence-corrected chi connectivity index (χ4v) is 6.00. The van der Waals surface area contributed by atoms with Gasteiger partial charge in [0.25, 0.3) is 0 Å². The molecule has 4 aromatic carbocycles. The summed E-state index contributed by atoms with van der Waals surface area (Å²) in [5.74, 6) is 1.66. The first-order chi connectivity index (χ1) is 23.5. The molecule has 0 radical (unpaired) electrons. The molecule has 2 aromatic heterocycles. The molecule has 0 unspecified atom stereocenters. The van der Waals surface area contributed by atoms with Gasteiger partial charge in [-0.15, -0.1) is 0 Å². The van der Waals surface area contributed by atoms with Crippen LogP contribution >= 0.6 is 0 Å². The number of aryl methyl sites for hydroxylation is 1. The number of aromatic nitrogens is 4. The summed E-state index contributed by atoms with van der Waals surface area (Å²) in [6.45, 7) is 1.91. The Balaban J connectivity index is 1.15. The van der Waals surface area contributed by atoms with Gasteiger partial charge in [-0.3, -0.25) is 0 Å². The van der Waals surface area contributed by atoms with Gasteiger partial charge in [0.15, 0.2) is 12.4 Å². The van der Waals surface area contributed by atoms with Crippen LogP contribution in [-0.4, -0.2) is 25.9 Å². The number of benzene rings is 4. The minimum absolute atomic E-state index is 0.0358. The zero-order chi connectivity index (χ0) is 32.9. The summed E-state index contributed by atoms with van der Waals surface area (Å²) in [7, 11) is 0. The van der Waals surface area contributed by atoms with Gasteiger partial charge in [-0.2, -0.15) is 15.0 Å². The number of hydrogen-bond acceptors (Lipinski definition) is 9. The molecule has 6 aromatic rings. The summed E-state index contributed by atoms with van der Waals surface area (Å²) in [6.07, 6.45) is 5.41. The first kappa shape index (κ1) is 30.6. The maximum Gasteiger partial charge on any atom is 0.339 e. The van der Waals surface area contributed by atoms with Crippen molar-refractivity contribution in [2.45, 2.75) is 39.2 Å². The second kappa shape index (κ2) is 13.7. The highest BCUT2D eigenvalue weighted by atomic mass is 16.5. The lowest BCUT2D eigenvalue weighted by Gasteiger charge is -2.22. The van der Waals surface area contributed by atoms with E-state index >= 15 is 0 Å². The highest BCUT2D eigenvalue weighted by molar-refractivity contribution is 6.06. The average molecular weight is 635 g/mol. The van der Waals surface area contributed by atoms with E-state index in [0.29, 0.717) is 12.0 Å². The lowest BCUT2D eigenvalue weighted by atomic mass is 9.86. The minimum Gasteiger partial charge on any atom is -0.457 e. The Labute approximate surface area is 278 Å². The summed E-state index contributed by atoms with van der Waals surface area (Å²) in [5, 5.41) is 3.97. The maximum atomic E-state index is 13.9. The van der Waals surface area contributed by atoms with Crippen molar-refractivity contribution in [3.8, 4) is 11.5 Å². The van der Waals surface area contributed by atoms with E-state index in [1.807, 2.05) is 103 Å². The molecule has 0 aliphatic heterocycles. The molecule has 1 aliphatic carbocycles. The van der Waals surface area contributed by atoms with E-state index < -0.39 is 5.97 Å². The molecule has 2 heterocycles. The van der Waals surface area contributed by atoms with Gasteiger partial charge in [-0.1, -0.05) is 73.7 Å². The summed E-state index contributed by atoms with van der Waals surface area (Å²) in [5.41, 5.74) is 13.1. The average Bonchev–Trinajstić information content (AvgIpc) is 3.11. The van der Waals surface area contributed by atoms with Crippen molar-refractivity contribution in [2.75, 3.05) is 11.1 Å². The molecule has 9 heteroatoms. The third kappa shape index (κ3) is 6.71. The van der Waals surface area contributed by atoms with Crippen molar-refractivity contribution in [3.63, 3.8) is 0 Å². The van der Waals surface area contributed by atoms with E-state index in [0.717, 1.165) is 75.3 Å². The Bertz CT molecular complexity index is 2130. The van der Waals surface area contributed by atoms with Crippen LogP contribution in [0, 0.1) is 0 Å². The molecule has 238 valence electrons. The SMILES string of the molecule is CCc1ccccc1Nc1nc(N)nc(COC(=O)c2c3c(nc4ccccc24)/C(=C\c2ccc(Oc4ccccc4)cc2)CCC3)n1. The van der Waals surface area contributed by atoms with E-state index in [2.05, 4.69) is 33.3 Å². The highest BCUT2D eigenvalue weighted by Crippen LogP contribution is 2.37. The van der Waals surface area contributed by atoms with Crippen molar-refractivity contribution in [3.05, 3.63) is 137 Å². The minimum atomic E-state index is -0.460.